The molecule has 0 saturated carbocycles. The van der Waals surface area contributed by atoms with Gasteiger partial charge < -0.3 is 33.8 Å². The normalized spacial score (nSPS) is 15.2. The van der Waals surface area contributed by atoms with E-state index < -0.39 is 0 Å². The van der Waals surface area contributed by atoms with Crippen LogP contribution < -0.4 is 33.2 Å². The van der Waals surface area contributed by atoms with Gasteiger partial charge in [0.25, 0.3) is 18.7 Å². The van der Waals surface area contributed by atoms with Crippen LogP contribution in [0.4, 0.5) is 0 Å². The molecule has 3 aromatic carbocycles. The summed E-state index contributed by atoms with van der Waals surface area (Å²) in [5.41, 5.74) is 12.3. The summed E-state index contributed by atoms with van der Waals surface area (Å²) >= 11 is 0. The zero-order valence-corrected chi connectivity index (χ0v) is 58.2. The van der Waals surface area contributed by atoms with E-state index >= 15 is 0 Å². The fraction of sp³-hybridized carbons (Fsp3) is 0.435. The van der Waals surface area contributed by atoms with E-state index in [0.717, 1.165) is 36.8 Å². The molecule has 4 atom stereocenters. The molecule has 3 aromatic heterocycles. The third-order valence-corrected chi connectivity index (χ3v) is 10.5. The first-order chi connectivity index (χ1) is 33.1. The number of aryl methyl sites for hydroxylation is 4. The number of benzene rings is 3. The van der Waals surface area contributed by atoms with E-state index in [1.807, 2.05) is 120 Å². The summed E-state index contributed by atoms with van der Waals surface area (Å²) in [6, 6.07) is 35.6. The number of nitrogens with one attached hydrogen (secondary N) is 1. The minimum atomic E-state index is 0. The van der Waals surface area contributed by atoms with E-state index in [4.69, 9.17) is 18.9 Å². The van der Waals surface area contributed by atoms with Crippen molar-refractivity contribution < 1.29 is 131 Å². The molecular weight excluding hydrogens is 1130 g/mol. The summed E-state index contributed by atoms with van der Waals surface area (Å²) in [4.78, 5) is 0. The van der Waals surface area contributed by atoms with Crippen LogP contribution >= 0.6 is 0 Å². The molecule has 11 heteroatoms. The second-order valence-corrected chi connectivity index (χ2v) is 14.9. The summed E-state index contributed by atoms with van der Waals surface area (Å²) in [5.74, 6) is 2.97. The molecule has 73 heavy (non-hydrogen) atoms. The van der Waals surface area contributed by atoms with Crippen molar-refractivity contribution in [2.75, 3.05) is 13.2 Å². The molecule has 397 valence electrons. The van der Waals surface area contributed by atoms with Crippen LogP contribution in [0.3, 0.4) is 0 Å². The maximum Gasteiger partial charge on any atom is 0.299 e. The van der Waals surface area contributed by atoms with Gasteiger partial charge in [-0.15, -0.1) is 0 Å². The van der Waals surface area contributed by atoms with Crippen LogP contribution in [0.5, 0.6) is 17.2 Å². The van der Waals surface area contributed by atoms with Gasteiger partial charge in [-0.25, -0.2) is 0 Å². The van der Waals surface area contributed by atoms with Crippen molar-refractivity contribution in [2.24, 2.45) is 0 Å². The molecule has 7 heterocycles. The van der Waals surface area contributed by atoms with Crippen LogP contribution in [-0.2, 0) is 103 Å². The van der Waals surface area contributed by atoms with Gasteiger partial charge in [0.05, 0.1) is 16.7 Å². The van der Waals surface area contributed by atoms with Crippen LogP contribution in [0.15, 0.2) is 122 Å². The molecule has 1 N–H and O–H groups in total. The van der Waals surface area contributed by atoms with E-state index in [2.05, 4.69) is 159 Å². The van der Waals surface area contributed by atoms with E-state index in [1.165, 1.54) is 56.0 Å². The number of nitrogens with zero attached hydrogens (tertiary/aromatic N) is 3. The molecule has 0 aliphatic carbocycles. The Bertz CT molecular complexity index is 2340. The molecule has 4 aliphatic rings. The minimum absolute atomic E-state index is 0. The molecule has 0 bridgehead atoms. The number of hydrogen-bond donors (Lipinski definition) is 1. The van der Waals surface area contributed by atoms with Gasteiger partial charge in [0.15, 0.2) is 18.6 Å². The van der Waals surface area contributed by atoms with Gasteiger partial charge >= 0.3 is 0 Å². The van der Waals surface area contributed by atoms with Crippen molar-refractivity contribution in [1.82, 2.24) is 5.32 Å². The Morgan fingerprint density at radius 1 is 0.438 bits per heavy atom. The molecule has 1 saturated heterocycles. The van der Waals surface area contributed by atoms with Crippen molar-refractivity contribution in [3.8, 4) is 51.0 Å². The first-order valence-electron chi connectivity index (χ1n) is 25.8. The fourth-order valence-electron chi connectivity index (χ4n) is 7.75. The Kier molecular flexibility index (Phi) is 48.9. The van der Waals surface area contributed by atoms with Gasteiger partial charge in [0.1, 0.15) is 23.5 Å². The van der Waals surface area contributed by atoms with Crippen molar-refractivity contribution in [3.05, 3.63) is 159 Å². The summed E-state index contributed by atoms with van der Waals surface area (Å²) in [5, 5.41) is 3.16. The van der Waals surface area contributed by atoms with Gasteiger partial charge in [-0.1, -0.05) is 107 Å². The summed E-state index contributed by atoms with van der Waals surface area (Å²) in [6.45, 7) is 42.7. The standard InChI is InChI=1S/C15H16NO.2C14H14NO.C5H11NO.6C2H6.2CH3.3Y/c1-10-8-11(2)15-13-6-4-5-7-16(13)12(3)17-14(15)9-10;1-10-6-5-8-13-14(10)12-7-3-4-9-15(12)11(2)16-13;1-10-6-7-12-13-5-3-4-8-15(13)11(2)16-14(12)9-10;1-5-6-3-2-4-7-5;6*1-2;;;;;/h4-9,12H,1-3H3;2*3-9,11H,1-2H3;5-6H,2-4H2,1H3;6*1-2H3;2*1H3;;;/q3*+1;;;;;;;;2*-1;;;. The summed E-state index contributed by atoms with van der Waals surface area (Å²) in [6.07, 6.45) is 7.81. The third-order valence-electron chi connectivity index (χ3n) is 10.5. The monoisotopic (exact) mass is 1230 g/mol. The van der Waals surface area contributed by atoms with Gasteiger partial charge in [-0.2, -0.15) is 13.7 Å². The number of pyridine rings is 3. The maximum atomic E-state index is 5.98. The molecule has 0 amide bonds. The second-order valence-electron chi connectivity index (χ2n) is 14.9. The van der Waals surface area contributed by atoms with Gasteiger partial charge in [0.2, 0.25) is 17.1 Å². The van der Waals surface area contributed by atoms with Gasteiger partial charge in [0, 0.05) is 162 Å². The van der Waals surface area contributed by atoms with Crippen molar-refractivity contribution in [3.63, 3.8) is 0 Å². The Morgan fingerprint density at radius 3 is 1.32 bits per heavy atom. The molecule has 3 radical (unpaired) electrons. The Hall–Kier alpha value is -2.26. The van der Waals surface area contributed by atoms with Crippen molar-refractivity contribution in [1.29, 1.82) is 0 Å². The second kappa shape index (κ2) is 44.8. The first-order valence-corrected chi connectivity index (χ1v) is 25.8. The average Bonchev–Trinajstić information content (AvgIpc) is 3.38. The average molecular weight is 1230 g/mol. The van der Waals surface area contributed by atoms with Crippen LogP contribution in [0.2, 0.25) is 0 Å². The molecule has 4 aliphatic heterocycles. The van der Waals surface area contributed by atoms with E-state index in [1.54, 1.807) is 0 Å². The molecule has 4 unspecified atom stereocenters. The smallest absolute Gasteiger partial charge is 0.299 e. The summed E-state index contributed by atoms with van der Waals surface area (Å²) < 4.78 is 29.4. The number of fused-ring (bicyclic) bond motifs is 9. The van der Waals surface area contributed by atoms with Gasteiger partial charge in [-0.3, -0.25) is 5.32 Å². The predicted molar refractivity (Wildman–Crippen MR) is 300 cm³/mol. The zero-order chi connectivity index (χ0) is 51.3. The van der Waals surface area contributed by atoms with Crippen LogP contribution in [0, 0.1) is 42.5 Å². The number of rotatable bonds is 0. The quantitative estimate of drug-likeness (QED) is 0.121. The topological polar surface area (TPSA) is 60.6 Å². The SMILES string of the molecule is CC.CC.CC.CC.CC.CC.CC1NCCCO1.Cc1cc(C)c2c(c1)OC(C)[n+]1ccccc1-2.Cc1ccc2c(c1)OC(C)[n+]1ccccc1-2.Cc1cccc2c1-c1cccc[n+]1C(C)O2.[CH3-].[CH3-].[Y].[Y].[Y]. The van der Waals surface area contributed by atoms with Crippen LogP contribution in [0.25, 0.3) is 33.8 Å². The first kappa shape index (κ1) is 79.6. The molecule has 1 fully saturated rings. The maximum absolute atomic E-state index is 5.98. The number of ether oxygens (including phenoxy) is 4. The molecule has 6 aromatic rings. The minimum Gasteiger partial charge on any atom is -0.433 e. The van der Waals surface area contributed by atoms with Gasteiger partial charge in [-0.05, 0) is 112 Å². The Morgan fingerprint density at radius 2 is 0.863 bits per heavy atom. The number of aromatic nitrogens is 3. The fourth-order valence-corrected chi connectivity index (χ4v) is 7.75. The van der Waals surface area contributed by atoms with E-state index in [9.17, 15) is 0 Å². The van der Waals surface area contributed by atoms with Crippen LogP contribution in [-0.4, -0.2) is 19.4 Å². The molecule has 0 spiro atoms. The third kappa shape index (κ3) is 23.1. The largest absolute Gasteiger partial charge is 0.433 e. The van der Waals surface area contributed by atoms with E-state index in [0.29, 0.717) is 0 Å². The molecule has 10 rings (SSSR count). The zero-order valence-electron chi connectivity index (χ0n) is 49.7. The Balaban J connectivity index is -0.000000263. The summed E-state index contributed by atoms with van der Waals surface area (Å²) in [7, 11) is 0. The molecule has 8 nitrogen and oxygen atoms in total. The predicted octanol–water partition coefficient (Wildman–Crippen LogP) is 16.3. The van der Waals surface area contributed by atoms with Crippen LogP contribution in [0.1, 0.15) is 158 Å². The van der Waals surface area contributed by atoms with Crippen molar-refractivity contribution >= 4 is 0 Å². The number of hydrogen-bond acceptors (Lipinski definition) is 5. The molecular formula is C62H97N4O4Y3+. The van der Waals surface area contributed by atoms with E-state index in [-0.39, 0.29) is 138 Å². The van der Waals surface area contributed by atoms with Crippen molar-refractivity contribution in [2.45, 2.75) is 170 Å². The Labute approximate surface area is 523 Å².